The lowest BCUT2D eigenvalue weighted by atomic mass is 10.1. The van der Waals surface area contributed by atoms with Crippen molar-refractivity contribution in [3.05, 3.63) is 77.5 Å². The van der Waals surface area contributed by atoms with Crippen LogP contribution in [0.15, 0.2) is 60.7 Å². The molecule has 0 atom stereocenters. The second-order valence-corrected chi connectivity index (χ2v) is 6.81. The molecule has 25 heavy (non-hydrogen) atoms. The monoisotopic (exact) mass is 330 g/mol. The fourth-order valence-electron chi connectivity index (χ4n) is 3.18. The van der Waals surface area contributed by atoms with Crippen molar-refractivity contribution in [3.8, 4) is 16.9 Å². The molecule has 0 bridgehead atoms. The average molecular weight is 330 g/mol. The number of nitrogens with one attached hydrogen (secondary N) is 1. The summed E-state index contributed by atoms with van der Waals surface area (Å²) < 4.78 is 2.18. The van der Waals surface area contributed by atoms with Gasteiger partial charge in [0.05, 0.1) is 11.3 Å². The van der Waals surface area contributed by atoms with Crippen molar-refractivity contribution >= 4 is 5.91 Å². The van der Waals surface area contributed by atoms with E-state index in [1.807, 2.05) is 31.2 Å². The second-order valence-electron chi connectivity index (χ2n) is 6.81. The van der Waals surface area contributed by atoms with Gasteiger partial charge in [0.1, 0.15) is 0 Å². The third kappa shape index (κ3) is 3.10. The zero-order valence-corrected chi connectivity index (χ0v) is 14.6. The number of hydrogen-bond acceptors (Lipinski definition) is 1. The zero-order chi connectivity index (χ0) is 17.4. The van der Waals surface area contributed by atoms with Crippen molar-refractivity contribution in [3.63, 3.8) is 0 Å². The number of benzene rings is 2. The highest BCUT2D eigenvalue weighted by molar-refractivity contribution is 5.97. The van der Waals surface area contributed by atoms with E-state index in [0.717, 1.165) is 41.0 Å². The first kappa shape index (κ1) is 15.7. The minimum absolute atomic E-state index is 0.0306. The van der Waals surface area contributed by atoms with E-state index in [0.29, 0.717) is 6.04 Å². The molecular formula is C22H22N2O. The largest absolute Gasteiger partial charge is 0.349 e. The first-order chi connectivity index (χ1) is 12.1. The first-order valence-electron chi connectivity index (χ1n) is 8.79. The summed E-state index contributed by atoms with van der Waals surface area (Å²) in [7, 11) is 0. The Morgan fingerprint density at radius 3 is 2.32 bits per heavy atom. The summed E-state index contributed by atoms with van der Waals surface area (Å²) in [6.45, 7) is 4.10. The molecule has 1 aliphatic rings. The number of nitrogens with zero attached hydrogens (tertiary/aromatic N) is 1. The molecule has 1 N–H and O–H groups in total. The Kier molecular flexibility index (Phi) is 3.92. The van der Waals surface area contributed by atoms with Crippen LogP contribution in [0.3, 0.4) is 0 Å². The normalized spacial score (nSPS) is 13.7. The van der Waals surface area contributed by atoms with Crippen LogP contribution in [0, 0.1) is 13.8 Å². The lowest BCUT2D eigenvalue weighted by Gasteiger charge is -2.13. The molecule has 1 amide bonds. The van der Waals surface area contributed by atoms with Gasteiger partial charge in [0.15, 0.2) is 0 Å². The van der Waals surface area contributed by atoms with Crippen LogP contribution in [0.25, 0.3) is 16.9 Å². The molecule has 1 aliphatic carbocycles. The number of rotatable bonds is 4. The fraction of sp³-hybridized carbons (Fsp3) is 0.227. The minimum atomic E-state index is 0.0306. The van der Waals surface area contributed by atoms with Gasteiger partial charge >= 0.3 is 0 Å². The van der Waals surface area contributed by atoms with Gasteiger partial charge < -0.3 is 9.88 Å². The lowest BCUT2D eigenvalue weighted by Crippen LogP contribution is -2.25. The summed E-state index contributed by atoms with van der Waals surface area (Å²) in [5, 5.41) is 3.11. The fourth-order valence-corrected chi connectivity index (χ4v) is 3.18. The summed E-state index contributed by atoms with van der Waals surface area (Å²) in [6.07, 6.45) is 2.18. The highest BCUT2D eigenvalue weighted by Gasteiger charge is 2.26. The van der Waals surface area contributed by atoms with Gasteiger partial charge in [-0.15, -0.1) is 0 Å². The van der Waals surface area contributed by atoms with E-state index in [-0.39, 0.29) is 5.91 Å². The molecule has 1 fully saturated rings. The number of aromatic nitrogens is 1. The molecule has 0 unspecified atom stereocenters. The Morgan fingerprint density at radius 1 is 1.00 bits per heavy atom. The van der Waals surface area contributed by atoms with Crippen LogP contribution in [0.5, 0.6) is 0 Å². The Balaban J connectivity index is 1.85. The average Bonchev–Trinajstić information content (AvgIpc) is 3.37. The predicted molar refractivity (Wildman–Crippen MR) is 101 cm³/mol. The van der Waals surface area contributed by atoms with Crippen LogP contribution in [0.2, 0.25) is 0 Å². The van der Waals surface area contributed by atoms with Gasteiger partial charge in [0.25, 0.3) is 5.91 Å². The Hall–Kier alpha value is -2.81. The van der Waals surface area contributed by atoms with Gasteiger partial charge in [-0.3, -0.25) is 4.79 Å². The van der Waals surface area contributed by atoms with E-state index in [1.165, 1.54) is 5.56 Å². The van der Waals surface area contributed by atoms with E-state index < -0.39 is 0 Å². The predicted octanol–water partition coefficient (Wildman–Crippen LogP) is 4.65. The van der Waals surface area contributed by atoms with Crippen LogP contribution in [0.1, 0.15) is 34.5 Å². The molecule has 3 aromatic rings. The summed E-state index contributed by atoms with van der Waals surface area (Å²) in [5.41, 5.74) is 6.18. The highest BCUT2D eigenvalue weighted by atomic mass is 16.1. The van der Waals surface area contributed by atoms with E-state index in [1.54, 1.807) is 0 Å². The van der Waals surface area contributed by atoms with Crippen LogP contribution in [-0.4, -0.2) is 16.5 Å². The lowest BCUT2D eigenvalue weighted by molar-refractivity contribution is 0.0950. The standard InChI is InChI=1S/C22H22N2O/c1-15-8-12-19(13-9-15)24-16(2)20(22(25)23-18-10-11-18)14-21(24)17-6-4-3-5-7-17/h3-9,12-14,18H,10-11H2,1-2H3,(H,23,25). The SMILES string of the molecule is Cc1ccc(-n2c(-c3ccccc3)cc(C(=O)NC3CC3)c2C)cc1. The summed E-state index contributed by atoms with van der Waals surface area (Å²) in [4.78, 5) is 12.7. The van der Waals surface area contributed by atoms with Crippen molar-refractivity contribution in [2.24, 2.45) is 0 Å². The van der Waals surface area contributed by atoms with Crippen LogP contribution in [-0.2, 0) is 0 Å². The number of carbonyl (C=O) groups is 1. The minimum Gasteiger partial charge on any atom is -0.349 e. The van der Waals surface area contributed by atoms with Crippen LogP contribution < -0.4 is 5.32 Å². The van der Waals surface area contributed by atoms with E-state index in [2.05, 4.69) is 53.2 Å². The molecule has 3 nitrogen and oxygen atoms in total. The van der Waals surface area contributed by atoms with Crippen LogP contribution in [0.4, 0.5) is 0 Å². The molecule has 2 aromatic carbocycles. The molecule has 0 saturated heterocycles. The second kappa shape index (κ2) is 6.25. The smallest absolute Gasteiger partial charge is 0.253 e. The van der Waals surface area contributed by atoms with Gasteiger partial charge in [-0.2, -0.15) is 0 Å². The maximum atomic E-state index is 12.7. The van der Waals surface area contributed by atoms with Gasteiger partial charge in [0, 0.05) is 17.4 Å². The molecule has 4 rings (SSSR count). The van der Waals surface area contributed by atoms with E-state index in [4.69, 9.17) is 0 Å². The zero-order valence-electron chi connectivity index (χ0n) is 14.6. The number of aryl methyl sites for hydroxylation is 1. The Morgan fingerprint density at radius 2 is 1.68 bits per heavy atom. The quantitative estimate of drug-likeness (QED) is 0.742. The number of hydrogen-bond donors (Lipinski definition) is 1. The molecule has 126 valence electrons. The Labute approximate surface area is 148 Å². The number of amides is 1. The van der Waals surface area contributed by atoms with Crippen molar-refractivity contribution < 1.29 is 4.79 Å². The van der Waals surface area contributed by atoms with Gasteiger partial charge in [-0.05, 0) is 50.5 Å². The van der Waals surface area contributed by atoms with Gasteiger partial charge in [0.2, 0.25) is 0 Å². The van der Waals surface area contributed by atoms with Crippen molar-refractivity contribution in [2.75, 3.05) is 0 Å². The molecule has 0 radical (unpaired) electrons. The van der Waals surface area contributed by atoms with Gasteiger partial charge in [-0.25, -0.2) is 0 Å². The third-order valence-corrected chi connectivity index (χ3v) is 4.77. The first-order valence-corrected chi connectivity index (χ1v) is 8.79. The van der Waals surface area contributed by atoms with Crippen LogP contribution >= 0.6 is 0 Å². The van der Waals surface area contributed by atoms with Crippen molar-refractivity contribution in [1.82, 2.24) is 9.88 Å². The molecule has 1 saturated carbocycles. The van der Waals surface area contributed by atoms with Gasteiger partial charge in [-0.1, -0.05) is 48.0 Å². The third-order valence-electron chi connectivity index (χ3n) is 4.77. The molecule has 1 heterocycles. The molecule has 0 spiro atoms. The molecular weight excluding hydrogens is 308 g/mol. The van der Waals surface area contributed by atoms with Crippen molar-refractivity contribution in [2.45, 2.75) is 32.7 Å². The Bertz CT molecular complexity index is 903. The molecule has 0 aliphatic heterocycles. The maximum Gasteiger partial charge on any atom is 0.253 e. The topological polar surface area (TPSA) is 34.0 Å². The summed E-state index contributed by atoms with van der Waals surface area (Å²) in [5.74, 6) is 0.0306. The van der Waals surface area contributed by atoms with Crippen molar-refractivity contribution in [1.29, 1.82) is 0 Å². The highest BCUT2D eigenvalue weighted by Crippen LogP contribution is 2.30. The molecule has 3 heteroatoms. The molecule has 1 aromatic heterocycles. The maximum absolute atomic E-state index is 12.7. The van der Waals surface area contributed by atoms with E-state index in [9.17, 15) is 4.79 Å². The number of carbonyl (C=O) groups excluding carboxylic acids is 1. The van der Waals surface area contributed by atoms with E-state index >= 15 is 0 Å². The summed E-state index contributed by atoms with van der Waals surface area (Å²) >= 11 is 0. The summed E-state index contributed by atoms with van der Waals surface area (Å²) in [6, 6.07) is 21.0.